The van der Waals surface area contributed by atoms with Crippen molar-refractivity contribution in [3.8, 4) is 5.75 Å². The molecule has 0 aliphatic heterocycles. The van der Waals surface area contributed by atoms with Crippen LogP contribution in [0.2, 0.25) is 5.02 Å². The minimum atomic E-state index is -0.466. The van der Waals surface area contributed by atoms with Crippen molar-refractivity contribution in [2.75, 3.05) is 6.54 Å². The summed E-state index contributed by atoms with van der Waals surface area (Å²) in [5.74, 6) is 0.659. The number of rotatable bonds is 8. The molecule has 0 spiro atoms. The molecule has 0 radical (unpaired) electrons. The van der Waals surface area contributed by atoms with Crippen molar-refractivity contribution in [2.24, 2.45) is 0 Å². The van der Waals surface area contributed by atoms with Gasteiger partial charge in [0.1, 0.15) is 5.75 Å². The number of carbonyl (C=O) groups excluding carboxylic acids is 1. The van der Waals surface area contributed by atoms with Gasteiger partial charge in [-0.1, -0.05) is 48.9 Å². The molecular formula is C20H24ClNO2. The third kappa shape index (κ3) is 5.57. The van der Waals surface area contributed by atoms with E-state index in [1.165, 1.54) is 0 Å². The zero-order valence-electron chi connectivity index (χ0n) is 14.2. The average molecular weight is 346 g/mol. The largest absolute Gasteiger partial charge is 0.481 e. The van der Waals surface area contributed by atoms with Crippen molar-refractivity contribution in [3.63, 3.8) is 0 Å². The van der Waals surface area contributed by atoms with Crippen molar-refractivity contribution in [1.29, 1.82) is 0 Å². The Morgan fingerprint density at radius 1 is 1.21 bits per heavy atom. The zero-order chi connectivity index (χ0) is 17.4. The molecule has 0 bridgehead atoms. The number of amides is 1. The summed E-state index contributed by atoms with van der Waals surface area (Å²) in [6.45, 7) is 4.56. The predicted octanol–water partition coefficient (Wildman–Crippen LogP) is 4.55. The predicted molar refractivity (Wildman–Crippen MR) is 98.7 cm³/mol. The molecular weight excluding hydrogens is 322 g/mol. The second-order valence-corrected chi connectivity index (χ2v) is 6.22. The van der Waals surface area contributed by atoms with Gasteiger partial charge in [0, 0.05) is 11.6 Å². The van der Waals surface area contributed by atoms with Gasteiger partial charge >= 0.3 is 0 Å². The maximum Gasteiger partial charge on any atom is 0.261 e. The van der Waals surface area contributed by atoms with Crippen LogP contribution in [0.3, 0.4) is 0 Å². The first-order valence-electron chi connectivity index (χ1n) is 8.34. The molecule has 0 saturated carbocycles. The van der Waals surface area contributed by atoms with E-state index in [-0.39, 0.29) is 5.91 Å². The minimum absolute atomic E-state index is 0.0711. The molecule has 1 N–H and O–H groups in total. The molecule has 0 heterocycles. The van der Waals surface area contributed by atoms with Crippen LogP contribution in [-0.2, 0) is 11.2 Å². The molecule has 1 amide bonds. The molecule has 0 aliphatic rings. The first-order valence-corrected chi connectivity index (χ1v) is 8.72. The van der Waals surface area contributed by atoms with E-state index in [9.17, 15) is 4.79 Å². The van der Waals surface area contributed by atoms with Crippen LogP contribution in [0.15, 0.2) is 48.5 Å². The smallest absolute Gasteiger partial charge is 0.261 e. The summed E-state index contributed by atoms with van der Waals surface area (Å²) < 4.78 is 5.81. The SMILES string of the molecule is CCC(Oc1cccc(C)c1)C(=O)NCCCc1ccccc1Cl. The Balaban J connectivity index is 1.78. The van der Waals surface area contributed by atoms with Crippen LogP contribution in [0.1, 0.15) is 30.9 Å². The number of hydrogen-bond acceptors (Lipinski definition) is 2. The highest BCUT2D eigenvalue weighted by molar-refractivity contribution is 6.31. The van der Waals surface area contributed by atoms with Gasteiger partial charge in [-0.3, -0.25) is 4.79 Å². The monoisotopic (exact) mass is 345 g/mol. The summed E-state index contributed by atoms with van der Waals surface area (Å²) in [7, 11) is 0. The van der Waals surface area contributed by atoms with Gasteiger partial charge in [-0.2, -0.15) is 0 Å². The molecule has 3 nitrogen and oxygen atoms in total. The highest BCUT2D eigenvalue weighted by Crippen LogP contribution is 2.17. The van der Waals surface area contributed by atoms with Gasteiger partial charge < -0.3 is 10.1 Å². The summed E-state index contributed by atoms with van der Waals surface area (Å²) in [4.78, 5) is 12.3. The van der Waals surface area contributed by atoms with Crippen LogP contribution in [0.4, 0.5) is 0 Å². The summed E-state index contributed by atoms with van der Waals surface area (Å²) in [6.07, 6.45) is 1.85. The molecule has 0 aromatic heterocycles. The normalized spacial score (nSPS) is 11.8. The lowest BCUT2D eigenvalue weighted by Crippen LogP contribution is -2.38. The van der Waals surface area contributed by atoms with Gasteiger partial charge in [-0.25, -0.2) is 0 Å². The Labute approximate surface area is 149 Å². The van der Waals surface area contributed by atoms with Crippen LogP contribution < -0.4 is 10.1 Å². The van der Waals surface area contributed by atoms with Gasteiger partial charge in [-0.15, -0.1) is 0 Å². The molecule has 128 valence electrons. The lowest BCUT2D eigenvalue weighted by atomic mass is 10.1. The number of nitrogens with one attached hydrogen (secondary N) is 1. The van der Waals surface area contributed by atoms with E-state index < -0.39 is 6.10 Å². The van der Waals surface area contributed by atoms with Crippen molar-refractivity contribution >= 4 is 17.5 Å². The summed E-state index contributed by atoms with van der Waals surface area (Å²) in [5, 5.41) is 3.73. The number of ether oxygens (including phenoxy) is 1. The molecule has 24 heavy (non-hydrogen) atoms. The van der Waals surface area contributed by atoms with Crippen molar-refractivity contribution in [3.05, 3.63) is 64.7 Å². The fourth-order valence-corrected chi connectivity index (χ4v) is 2.71. The van der Waals surface area contributed by atoms with Crippen LogP contribution >= 0.6 is 11.6 Å². The van der Waals surface area contributed by atoms with Crippen LogP contribution in [0.25, 0.3) is 0 Å². The van der Waals surface area contributed by atoms with Crippen LogP contribution in [0.5, 0.6) is 5.75 Å². The van der Waals surface area contributed by atoms with Gasteiger partial charge in [-0.05, 0) is 55.5 Å². The number of halogens is 1. The Kier molecular flexibility index (Phi) is 7.13. The Morgan fingerprint density at radius 3 is 2.71 bits per heavy atom. The van der Waals surface area contributed by atoms with Gasteiger partial charge in [0.2, 0.25) is 0 Å². The van der Waals surface area contributed by atoms with Crippen LogP contribution in [0, 0.1) is 6.92 Å². The lowest BCUT2D eigenvalue weighted by Gasteiger charge is -2.17. The Bertz CT molecular complexity index is 672. The van der Waals surface area contributed by atoms with Gasteiger partial charge in [0.25, 0.3) is 5.91 Å². The molecule has 1 unspecified atom stereocenters. The fraction of sp³-hybridized carbons (Fsp3) is 0.350. The summed E-state index contributed by atoms with van der Waals surface area (Å²) in [5.41, 5.74) is 2.22. The molecule has 0 fully saturated rings. The minimum Gasteiger partial charge on any atom is -0.481 e. The van der Waals surface area contributed by atoms with Crippen molar-refractivity contribution in [1.82, 2.24) is 5.32 Å². The third-order valence-corrected chi connectivity index (χ3v) is 4.18. The second kappa shape index (κ2) is 9.33. The topological polar surface area (TPSA) is 38.3 Å². The maximum atomic E-state index is 12.3. The maximum absolute atomic E-state index is 12.3. The summed E-state index contributed by atoms with van der Waals surface area (Å²) in [6, 6.07) is 15.5. The van der Waals surface area contributed by atoms with E-state index in [1.54, 1.807) is 0 Å². The average Bonchev–Trinajstić information content (AvgIpc) is 2.58. The first kappa shape index (κ1) is 18.3. The van der Waals surface area contributed by atoms with E-state index in [1.807, 2.05) is 62.4 Å². The van der Waals surface area contributed by atoms with Crippen molar-refractivity contribution in [2.45, 2.75) is 39.2 Å². The molecule has 2 aromatic rings. The lowest BCUT2D eigenvalue weighted by molar-refractivity contribution is -0.128. The number of carbonyl (C=O) groups is 1. The molecule has 2 aromatic carbocycles. The quantitative estimate of drug-likeness (QED) is 0.712. The van der Waals surface area contributed by atoms with E-state index in [0.29, 0.717) is 13.0 Å². The number of benzene rings is 2. The number of aryl methyl sites for hydroxylation is 2. The Morgan fingerprint density at radius 2 is 2.00 bits per heavy atom. The first-order chi connectivity index (χ1) is 11.6. The molecule has 1 atom stereocenters. The van der Waals surface area contributed by atoms with Crippen molar-refractivity contribution < 1.29 is 9.53 Å². The summed E-state index contributed by atoms with van der Waals surface area (Å²) >= 11 is 6.13. The molecule has 4 heteroatoms. The zero-order valence-corrected chi connectivity index (χ0v) is 15.0. The van der Waals surface area contributed by atoms with E-state index in [4.69, 9.17) is 16.3 Å². The van der Waals surface area contributed by atoms with Crippen LogP contribution in [-0.4, -0.2) is 18.6 Å². The van der Waals surface area contributed by atoms with E-state index in [0.717, 1.165) is 34.7 Å². The van der Waals surface area contributed by atoms with E-state index >= 15 is 0 Å². The van der Waals surface area contributed by atoms with E-state index in [2.05, 4.69) is 5.32 Å². The Hall–Kier alpha value is -2.00. The fourth-order valence-electron chi connectivity index (χ4n) is 2.48. The second-order valence-electron chi connectivity index (χ2n) is 5.82. The van der Waals surface area contributed by atoms with Gasteiger partial charge in [0.05, 0.1) is 0 Å². The standard InChI is InChI=1S/C20H24ClNO2/c1-3-19(24-17-11-6-8-15(2)14-17)20(23)22-13-7-10-16-9-4-5-12-18(16)21/h4-6,8-9,11-12,14,19H,3,7,10,13H2,1-2H3,(H,22,23). The highest BCUT2D eigenvalue weighted by atomic mass is 35.5. The molecule has 0 saturated heterocycles. The third-order valence-electron chi connectivity index (χ3n) is 3.81. The molecule has 0 aliphatic carbocycles. The highest BCUT2D eigenvalue weighted by Gasteiger charge is 2.17. The molecule has 2 rings (SSSR count). The van der Waals surface area contributed by atoms with Gasteiger partial charge in [0.15, 0.2) is 6.10 Å². The number of hydrogen-bond donors (Lipinski definition) is 1.